The summed E-state index contributed by atoms with van der Waals surface area (Å²) in [4.78, 5) is 0. The highest BCUT2D eigenvalue weighted by molar-refractivity contribution is 8.10. The molecular weight excluding hydrogens is 344 g/mol. The summed E-state index contributed by atoms with van der Waals surface area (Å²) in [7, 11) is 0. The van der Waals surface area contributed by atoms with Gasteiger partial charge < -0.3 is 4.74 Å². The fourth-order valence-corrected chi connectivity index (χ4v) is 4.04. The number of rotatable bonds is 17. The summed E-state index contributed by atoms with van der Waals surface area (Å²) >= 11 is 7.33. The standard InChI is InChI=1S/C22H37OS2/c1-2-3-4-5-6-7-8-9-10-11-12-16-19-25-22(24)20-23-21-17-14-13-15-18-21/h13-15,17-18,22H,2-12,16,19-20H2,1H3. The monoisotopic (exact) mass is 381 g/mol. The Morgan fingerprint density at radius 1 is 0.800 bits per heavy atom. The lowest BCUT2D eigenvalue weighted by molar-refractivity contribution is 0.338. The summed E-state index contributed by atoms with van der Waals surface area (Å²) in [6, 6.07) is 9.96. The Morgan fingerprint density at radius 2 is 1.32 bits per heavy atom. The predicted octanol–water partition coefficient (Wildman–Crippen LogP) is 8.02. The van der Waals surface area contributed by atoms with Gasteiger partial charge in [0.25, 0.3) is 0 Å². The summed E-state index contributed by atoms with van der Waals surface area (Å²) in [5, 5.41) is 0. The lowest BCUT2D eigenvalue weighted by Crippen LogP contribution is -2.08. The molecule has 1 rings (SSSR count). The van der Waals surface area contributed by atoms with Gasteiger partial charge in [-0.15, -0.1) is 11.8 Å². The van der Waals surface area contributed by atoms with E-state index >= 15 is 0 Å². The van der Waals surface area contributed by atoms with Crippen molar-refractivity contribution >= 4 is 24.4 Å². The van der Waals surface area contributed by atoms with Gasteiger partial charge in [0.15, 0.2) is 0 Å². The third kappa shape index (κ3) is 14.6. The first-order valence-electron chi connectivity index (χ1n) is 10.3. The van der Waals surface area contributed by atoms with Crippen LogP contribution in [0.15, 0.2) is 30.3 Å². The molecule has 1 radical (unpaired) electrons. The zero-order valence-corrected chi connectivity index (χ0v) is 17.7. The van der Waals surface area contributed by atoms with Gasteiger partial charge in [-0.05, 0) is 24.3 Å². The van der Waals surface area contributed by atoms with Crippen molar-refractivity contribution in [3.8, 4) is 5.75 Å². The average Bonchev–Trinajstić information content (AvgIpc) is 2.64. The first kappa shape index (κ1) is 22.8. The van der Waals surface area contributed by atoms with Crippen LogP contribution in [0.25, 0.3) is 0 Å². The van der Waals surface area contributed by atoms with E-state index in [0.717, 1.165) is 5.75 Å². The summed E-state index contributed by atoms with van der Waals surface area (Å²) in [5.74, 6) is 2.09. The van der Waals surface area contributed by atoms with Gasteiger partial charge >= 0.3 is 0 Å². The number of hydrogen-bond donors (Lipinski definition) is 0. The highest BCUT2D eigenvalue weighted by Crippen LogP contribution is 2.20. The van der Waals surface area contributed by atoms with E-state index in [1.807, 2.05) is 42.1 Å². The number of thioether (sulfide) groups is 1. The number of hydrogen-bond acceptors (Lipinski definition) is 2. The molecule has 1 atom stereocenters. The van der Waals surface area contributed by atoms with Crippen LogP contribution in [0.5, 0.6) is 5.75 Å². The van der Waals surface area contributed by atoms with Crippen LogP contribution in [-0.2, 0) is 0 Å². The van der Waals surface area contributed by atoms with Gasteiger partial charge in [-0.2, -0.15) is 0 Å². The van der Waals surface area contributed by atoms with Crippen molar-refractivity contribution in [3.63, 3.8) is 0 Å². The van der Waals surface area contributed by atoms with Gasteiger partial charge in [-0.1, -0.05) is 108 Å². The Morgan fingerprint density at radius 3 is 1.88 bits per heavy atom. The second-order valence-electron chi connectivity index (χ2n) is 6.81. The van der Waals surface area contributed by atoms with E-state index in [1.54, 1.807) is 0 Å². The molecule has 0 spiro atoms. The van der Waals surface area contributed by atoms with E-state index in [9.17, 15) is 0 Å². The molecule has 0 bridgehead atoms. The van der Waals surface area contributed by atoms with Crippen LogP contribution in [0.3, 0.4) is 0 Å². The molecule has 1 nitrogen and oxygen atoms in total. The predicted molar refractivity (Wildman–Crippen MR) is 117 cm³/mol. The summed E-state index contributed by atoms with van der Waals surface area (Å²) in [6.45, 7) is 2.91. The minimum absolute atomic E-state index is 0.160. The second kappa shape index (κ2) is 17.1. The fraction of sp³-hybridized carbons (Fsp3) is 0.727. The number of benzene rings is 1. The zero-order valence-electron chi connectivity index (χ0n) is 16.1. The number of unbranched alkanes of at least 4 members (excludes halogenated alkanes) is 11. The third-order valence-electron chi connectivity index (χ3n) is 4.43. The molecule has 0 aliphatic carbocycles. The highest BCUT2D eigenvalue weighted by atomic mass is 32.2. The molecule has 1 aromatic rings. The molecule has 0 saturated heterocycles. The molecule has 143 valence electrons. The van der Waals surface area contributed by atoms with Gasteiger partial charge in [-0.3, -0.25) is 0 Å². The molecule has 0 saturated carbocycles. The minimum atomic E-state index is 0.160. The number of ether oxygens (including phenoxy) is 1. The summed E-state index contributed by atoms with van der Waals surface area (Å²) in [5.41, 5.74) is 0. The van der Waals surface area contributed by atoms with E-state index in [4.69, 9.17) is 17.4 Å². The van der Waals surface area contributed by atoms with Crippen molar-refractivity contribution in [2.75, 3.05) is 12.4 Å². The molecule has 0 aliphatic rings. The van der Waals surface area contributed by atoms with Crippen molar-refractivity contribution in [2.45, 2.75) is 88.6 Å². The molecule has 25 heavy (non-hydrogen) atoms. The Hall–Kier alpha value is -0.280. The molecule has 0 aromatic heterocycles. The van der Waals surface area contributed by atoms with Gasteiger partial charge in [0.05, 0.1) is 4.58 Å². The second-order valence-corrected chi connectivity index (χ2v) is 8.99. The molecule has 0 amide bonds. The zero-order chi connectivity index (χ0) is 18.0. The van der Waals surface area contributed by atoms with E-state index in [0.29, 0.717) is 6.61 Å². The molecule has 1 aromatic carbocycles. The van der Waals surface area contributed by atoms with Gasteiger partial charge in [0.2, 0.25) is 0 Å². The number of para-hydroxylation sites is 1. The quantitative estimate of drug-likeness (QED) is 0.253. The lowest BCUT2D eigenvalue weighted by Gasteiger charge is -2.11. The third-order valence-corrected chi connectivity index (χ3v) is 6.01. The van der Waals surface area contributed by atoms with Gasteiger partial charge in [-0.25, -0.2) is 0 Å². The maximum atomic E-state index is 5.71. The first-order chi connectivity index (χ1) is 12.3. The minimum Gasteiger partial charge on any atom is -0.492 e. The van der Waals surface area contributed by atoms with E-state index in [-0.39, 0.29) is 4.58 Å². The lowest BCUT2D eigenvalue weighted by atomic mass is 10.1. The molecule has 3 heteroatoms. The van der Waals surface area contributed by atoms with Crippen molar-refractivity contribution in [3.05, 3.63) is 30.3 Å². The van der Waals surface area contributed by atoms with Crippen molar-refractivity contribution in [1.82, 2.24) is 0 Å². The molecule has 0 fully saturated rings. The highest BCUT2D eigenvalue weighted by Gasteiger charge is 2.05. The Balaban J connectivity index is 1.79. The fourth-order valence-electron chi connectivity index (χ4n) is 2.89. The van der Waals surface area contributed by atoms with Crippen LogP contribution < -0.4 is 4.74 Å². The van der Waals surface area contributed by atoms with E-state index in [2.05, 4.69) is 6.92 Å². The Bertz CT molecular complexity index is 383. The van der Waals surface area contributed by atoms with Crippen LogP contribution in [-0.4, -0.2) is 16.9 Å². The van der Waals surface area contributed by atoms with Crippen LogP contribution in [0, 0.1) is 0 Å². The van der Waals surface area contributed by atoms with Crippen molar-refractivity contribution in [2.24, 2.45) is 0 Å². The molecular formula is C22H37OS2. The Labute approximate surface area is 166 Å². The van der Waals surface area contributed by atoms with Gasteiger partial charge in [0.1, 0.15) is 12.4 Å². The molecule has 0 heterocycles. The van der Waals surface area contributed by atoms with Crippen LogP contribution in [0.1, 0.15) is 84.0 Å². The van der Waals surface area contributed by atoms with Gasteiger partial charge in [0, 0.05) is 0 Å². The maximum Gasteiger partial charge on any atom is 0.119 e. The van der Waals surface area contributed by atoms with Crippen molar-refractivity contribution in [1.29, 1.82) is 0 Å². The van der Waals surface area contributed by atoms with Crippen LogP contribution in [0.4, 0.5) is 0 Å². The van der Waals surface area contributed by atoms with Crippen LogP contribution >= 0.6 is 24.4 Å². The van der Waals surface area contributed by atoms with Crippen LogP contribution in [0.2, 0.25) is 0 Å². The SMILES string of the molecule is CCCCCCCCCCCCCCSC([S])COc1ccccc1. The maximum absolute atomic E-state index is 5.71. The summed E-state index contributed by atoms with van der Waals surface area (Å²) < 4.78 is 5.87. The van der Waals surface area contributed by atoms with E-state index in [1.165, 1.54) is 82.8 Å². The Kier molecular flexibility index (Phi) is 15.6. The first-order valence-corrected chi connectivity index (χ1v) is 11.8. The smallest absolute Gasteiger partial charge is 0.119 e. The topological polar surface area (TPSA) is 9.23 Å². The van der Waals surface area contributed by atoms with E-state index < -0.39 is 0 Å². The normalized spacial score (nSPS) is 12.2. The molecule has 1 unspecified atom stereocenters. The molecule has 0 N–H and O–H groups in total. The molecule has 0 aliphatic heterocycles. The van der Waals surface area contributed by atoms with Crippen molar-refractivity contribution < 1.29 is 4.74 Å². The average molecular weight is 382 g/mol. The largest absolute Gasteiger partial charge is 0.492 e. The summed E-state index contributed by atoms with van der Waals surface area (Å²) in [6.07, 6.45) is 16.8.